The van der Waals surface area contributed by atoms with Crippen molar-refractivity contribution >= 4 is 50.9 Å². The number of carbonyl (C=O) groups is 1. The number of hydrogen-bond acceptors (Lipinski definition) is 7. The van der Waals surface area contributed by atoms with Gasteiger partial charge in [-0.25, -0.2) is 13.8 Å². The molecule has 4 aromatic rings. The summed E-state index contributed by atoms with van der Waals surface area (Å²) in [6, 6.07) is 9.82. The molecule has 4 heterocycles. The van der Waals surface area contributed by atoms with E-state index >= 15 is 4.39 Å². The Labute approximate surface area is 234 Å². The van der Waals surface area contributed by atoms with E-state index in [9.17, 15) is 14.4 Å². The molecule has 40 heavy (non-hydrogen) atoms. The molecule has 11 heteroatoms. The summed E-state index contributed by atoms with van der Waals surface area (Å²) in [6.45, 7) is 6.19. The highest BCUT2D eigenvalue weighted by atomic mass is 35.5. The Morgan fingerprint density at radius 2 is 1.98 bits per heavy atom. The summed E-state index contributed by atoms with van der Waals surface area (Å²) >= 11 is 6.33. The normalized spacial score (nSPS) is 17.1. The van der Waals surface area contributed by atoms with Gasteiger partial charge in [-0.15, -0.1) is 0 Å². The van der Waals surface area contributed by atoms with Gasteiger partial charge in [0.25, 0.3) is 0 Å². The average molecular weight is 560 g/mol. The zero-order chi connectivity index (χ0) is 28.0. The zero-order valence-corrected chi connectivity index (χ0v) is 22.2. The number of pyridine rings is 1. The number of halogens is 3. The van der Waals surface area contributed by atoms with Crippen molar-refractivity contribution in [3.8, 4) is 17.3 Å². The molecule has 1 amide bonds. The molecule has 1 atom stereocenters. The fourth-order valence-corrected chi connectivity index (χ4v) is 5.63. The highest BCUT2D eigenvalue weighted by Crippen LogP contribution is 2.38. The van der Waals surface area contributed by atoms with Crippen molar-refractivity contribution in [3.05, 3.63) is 65.8 Å². The van der Waals surface area contributed by atoms with E-state index in [0.29, 0.717) is 53.1 Å². The monoisotopic (exact) mass is 559 g/mol. The lowest BCUT2D eigenvalue weighted by Crippen LogP contribution is -2.55. The number of aromatic nitrogens is 3. The fraction of sp³-hybridized carbons (Fsp3) is 0.276. The highest BCUT2D eigenvalue weighted by molar-refractivity contribution is 6.36. The first-order valence-electron chi connectivity index (χ1n) is 12.9. The highest BCUT2D eigenvalue weighted by Gasteiger charge is 2.32. The molecule has 202 valence electrons. The molecule has 2 aliphatic rings. The molecule has 0 N–H and O–H groups in total. The van der Waals surface area contributed by atoms with E-state index in [1.807, 2.05) is 9.80 Å². The average Bonchev–Trinajstić information content (AvgIpc) is 2.94. The number of carbonyl (C=O) groups excluding carboxylic acids is 1. The van der Waals surface area contributed by atoms with Gasteiger partial charge in [-0.05, 0) is 23.9 Å². The van der Waals surface area contributed by atoms with Crippen LogP contribution in [0.15, 0.2) is 49.2 Å². The standard InChI is InChI=1S/C29H24ClF2N7O/c1-2-22(40)39-14-13-38(16-18(39)9-10-33)28-20-15-34-26(25(32)27(20)35-29(36-28)37-11-4-12-37)19-6-3-5-17-7-8-21(31)24(30)23(17)19/h2-3,5-8,15,18H,1,4,9,11-14,16H2/t18-/m0/s1. The Hall–Kier alpha value is -4.36. The number of benzene rings is 2. The molecular formula is C29H24ClF2N7O. The molecule has 0 aliphatic carbocycles. The van der Waals surface area contributed by atoms with Crippen LogP contribution < -0.4 is 9.80 Å². The predicted octanol–water partition coefficient (Wildman–Crippen LogP) is 5.10. The van der Waals surface area contributed by atoms with Crippen molar-refractivity contribution in [3.63, 3.8) is 0 Å². The molecule has 0 spiro atoms. The first-order valence-corrected chi connectivity index (χ1v) is 13.3. The van der Waals surface area contributed by atoms with Crippen LogP contribution in [0.1, 0.15) is 12.8 Å². The quantitative estimate of drug-likeness (QED) is 0.314. The number of rotatable bonds is 5. The Morgan fingerprint density at radius 1 is 1.15 bits per heavy atom. The number of piperazine rings is 1. The van der Waals surface area contributed by atoms with Gasteiger partial charge in [0.2, 0.25) is 11.9 Å². The van der Waals surface area contributed by atoms with Gasteiger partial charge in [-0.3, -0.25) is 9.78 Å². The minimum Gasteiger partial charge on any atom is -0.352 e. The third-order valence-electron chi connectivity index (χ3n) is 7.55. The van der Waals surface area contributed by atoms with Crippen molar-refractivity contribution in [2.24, 2.45) is 0 Å². The van der Waals surface area contributed by atoms with Crippen LogP contribution in [0.2, 0.25) is 5.02 Å². The van der Waals surface area contributed by atoms with Crippen LogP contribution in [-0.4, -0.2) is 64.5 Å². The summed E-state index contributed by atoms with van der Waals surface area (Å²) in [7, 11) is 0. The second-order valence-corrected chi connectivity index (χ2v) is 10.2. The Balaban J connectivity index is 1.51. The number of nitrogens with zero attached hydrogens (tertiary/aromatic N) is 7. The third-order valence-corrected chi connectivity index (χ3v) is 7.92. The number of nitriles is 1. The zero-order valence-electron chi connectivity index (χ0n) is 21.4. The molecule has 2 fully saturated rings. The van der Waals surface area contributed by atoms with E-state index in [-0.39, 0.29) is 34.6 Å². The van der Waals surface area contributed by atoms with Crippen molar-refractivity contribution in [2.45, 2.75) is 18.9 Å². The van der Waals surface area contributed by atoms with Crippen molar-refractivity contribution in [1.29, 1.82) is 5.26 Å². The van der Waals surface area contributed by atoms with Gasteiger partial charge >= 0.3 is 0 Å². The first kappa shape index (κ1) is 25.9. The maximum absolute atomic E-state index is 16.4. The minimum absolute atomic E-state index is 0.00793. The van der Waals surface area contributed by atoms with Crippen LogP contribution >= 0.6 is 11.6 Å². The minimum atomic E-state index is -0.662. The lowest BCUT2D eigenvalue weighted by molar-refractivity contribution is -0.128. The molecule has 6 rings (SSSR count). The van der Waals surface area contributed by atoms with E-state index in [0.717, 1.165) is 19.5 Å². The second-order valence-electron chi connectivity index (χ2n) is 9.83. The van der Waals surface area contributed by atoms with Crippen LogP contribution in [0.3, 0.4) is 0 Å². The molecule has 2 saturated heterocycles. The lowest BCUT2D eigenvalue weighted by Gasteiger charge is -2.41. The summed E-state index contributed by atoms with van der Waals surface area (Å²) in [5, 5.41) is 10.7. The number of hydrogen-bond donors (Lipinski definition) is 0. The van der Waals surface area contributed by atoms with E-state index in [2.05, 4.69) is 22.6 Å². The van der Waals surface area contributed by atoms with Crippen LogP contribution in [0.5, 0.6) is 0 Å². The Kier molecular flexibility index (Phi) is 6.68. The molecule has 2 aromatic heterocycles. The summed E-state index contributed by atoms with van der Waals surface area (Å²) < 4.78 is 30.8. The largest absolute Gasteiger partial charge is 0.352 e. The molecule has 0 bridgehead atoms. The molecule has 2 aliphatic heterocycles. The van der Waals surface area contributed by atoms with Gasteiger partial charge in [0.05, 0.1) is 28.9 Å². The Bertz CT molecular complexity index is 1720. The SMILES string of the molecule is C=CC(=O)N1CCN(c2nc(N3CCC3)nc3c(F)c(-c4cccc5ccc(F)c(Cl)c45)ncc23)C[C@@H]1CC#N. The van der Waals surface area contributed by atoms with Gasteiger partial charge in [0.1, 0.15) is 22.8 Å². The van der Waals surface area contributed by atoms with Crippen LogP contribution in [-0.2, 0) is 4.79 Å². The van der Waals surface area contributed by atoms with Gasteiger partial charge in [0, 0.05) is 49.9 Å². The summed E-state index contributed by atoms with van der Waals surface area (Å²) in [6.07, 6.45) is 3.88. The van der Waals surface area contributed by atoms with Crippen LogP contribution in [0.25, 0.3) is 32.9 Å². The number of anilines is 2. The first-order chi connectivity index (χ1) is 19.4. The van der Waals surface area contributed by atoms with E-state index in [4.69, 9.17) is 16.6 Å². The van der Waals surface area contributed by atoms with Gasteiger partial charge < -0.3 is 14.7 Å². The lowest BCUT2D eigenvalue weighted by atomic mass is 10.0. The van der Waals surface area contributed by atoms with Crippen molar-refractivity contribution in [2.75, 3.05) is 42.5 Å². The number of fused-ring (bicyclic) bond motifs is 2. The maximum Gasteiger partial charge on any atom is 0.246 e. The molecule has 0 unspecified atom stereocenters. The van der Waals surface area contributed by atoms with Gasteiger partial charge in [-0.1, -0.05) is 42.4 Å². The summed E-state index contributed by atoms with van der Waals surface area (Å²) in [4.78, 5) is 31.8. The smallest absolute Gasteiger partial charge is 0.246 e. The summed E-state index contributed by atoms with van der Waals surface area (Å²) in [5.41, 5.74) is 0.453. The van der Waals surface area contributed by atoms with Crippen LogP contribution in [0, 0.1) is 23.0 Å². The third kappa shape index (κ3) is 4.27. The van der Waals surface area contributed by atoms with E-state index in [1.165, 1.54) is 18.3 Å². The predicted molar refractivity (Wildman–Crippen MR) is 150 cm³/mol. The molecule has 8 nitrogen and oxygen atoms in total. The fourth-order valence-electron chi connectivity index (χ4n) is 5.36. The van der Waals surface area contributed by atoms with E-state index < -0.39 is 11.6 Å². The van der Waals surface area contributed by atoms with Crippen LogP contribution in [0.4, 0.5) is 20.5 Å². The second kappa shape index (κ2) is 10.3. The molecule has 2 aromatic carbocycles. The topological polar surface area (TPSA) is 89.2 Å². The Morgan fingerprint density at radius 3 is 2.70 bits per heavy atom. The molecule has 0 radical (unpaired) electrons. The number of amides is 1. The maximum atomic E-state index is 16.4. The van der Waals surface area contributed by atoms with Crippen molar-refractivity contribution < 1.29 is 13.6 Å². The van der Waals surface area contributed by atoms with Gasteiger partial charge in [0.15, 0.2) is 5.82 Å². The summed E-state index contributed by atoms with van der Waals surface area (Å²) in [5.74, 6) is -0.622. The van der Waals surface area contributed by atoms with Crippen molar-refractivity contribution in [1.82, 2.24) is 19.9 Å². The van der Waals surface area contributed by atoms with E-state index in [1.54, 1.807) is 29.2 Å². The molecular weight excluding hydrogens is 536 g/mol. The van der Waals surface area contributed by atoms with Gasteiger partial charge in [-0.2, -0.15) is 10.2 Å². The molecule has 0 saturated carbocycles.